The molecule has 0 atom stereocenters. The molecule has 0 amide bonds. The monoisotopic (exact) mass is 226 g/mol. The minimum absolute atomic E-state index is 0.841. The van der Waals surface area contributed by atoms with Crippen molar-refractivity contribution >= 4 is 33.0 Å². The Kier molecular flexibility index (Phi) is 2.41. The Bertz CT molecular complexity index is 487. The largest absolute Gasteiger partial charge is 0.496 e. The summed E-state index contributed by atoms with van der Waals surface area (Å²) in [6.45, 7) is 4.14. The summed E-state index contributed by atoms with van der Waals surface area (Å²) < 4.78 is 6.50. The van der Waals surface area contributed by atoms with Crippen molar-refractivity contribution in [3.05, 3.63) is 27.6 Å². The molecular weight excluding hydrogens is 216 g/mol. The van der Waals surface area contributed by atoms with Gasteiger partial charge in [-0.3, -0.25) is 0 Å². The molecule has 0 aliphatic rings. The first kappa shape index (κ1) is 9.81. The van der Waals surface area contributed by atoms with Crippen LogP contribution in [0.1, 0.15) is 11.1 Å². The summed E-state index contributed by atoms with van der Waals surface area (Å²) in [6, 6.07) is 2.05. The third kappa shape index (κ3) is 1.30. The number of thiophene rings is 1. The topological polar surface area (TPSA) is 9.23 Å². The highest BCUT2D eigenvalue weighted by atomic mass is 35.5. The van der Waals surface area contributed by atoms with Crippen LogP contribution in [0, 0.1) is 13.8 Å². The fourth-order valence-corrected chi connectivity index (χ4v) is 2.97. The molecule has 0 spiro atoms. The fraction of sp³-hybridized carbons (Fsp3) is 0.273. The zero-order chi connectivity index (χ0) is 10.3. The van der Waals surface area contributed by atoms with E-state index in [1.165, 1.54) is 15.8 Å². The van der Waals surface area contributed by atoms with Crippen LogP contribution in [0.3, 0.4) is 0 Å². The maximum absolute atomic E-state index is 6.11. The van der Waals surface area contributed by atoms with E-state index in [1.54, 1.807) is 18.4 Å². The van der Waals surface area contributed by atoms with Crippen molar-refractivity contribution in [2.24, 2.45) is 0 Å². The van der Waals surface area contributed by atoms with Crippen molar-refractivity contribution in [2.75, 3.05) is 7.11 Å². The number of fused-ring (bicyclic) bond motifs is 1. The lowest BCUT2D eigenvalue weighted by molar-refractivity contribution is 0.412. The molecule has 2 rings (SSSR count). The predicted molar refractivity (Wildman–Crippen MR) is 62.9 cm³/mol. The van der Waals surface area contributed by atoms with Gasteiger partial charge in [0.1, 0.15) is 5.75 Å². The zero-order valence-corrected chi connectivity index (χ0v) is 9.92. The molecule has 0 N–H and O–H groups in total. The van der Waals surface area contributed by atoms with Gasteiger partial charge in [-0.05, 0) is 31.0 Å². The molecule has 1 heterocycles. The molecule has 0 unspecified atom stereocenters. The molecular formula is C11H11ClOS. The van der Waals surface area contributed by atoms with Crippen LogP contribution in [-0.4, -0.2) is 7.11 Å². The molecule has 0 fully saturated rings. The number of halogens is 1. The molecule has 1 nitrogen and oxygen atoms in total. The van der Waals surface area contributed by atoms with Crippen LogP contribution < -0.4 is 4.74 Å². The van der Waals surface area contributed by atoms with Crippen LogP contribution in [0.15, 0.2) is 11.4 Å². The van der Waals surface area contributed by atoms with Gasteiger partial charge in [-0.15, -0.1) is 11.3 Å². The highest BCUT2D eigenvalue weighted by Gasteiger charge is 2.11. The van der Waals surface area contributed by atoms with E-state index in [1.807, 2.05) is 11.4 Å². The van der Waals surface area contributed by atoms with Gasteiger partial charge in [0, 0.05) is 15.5 Å². The lowest BCUT2D eigenvalue weighted by atomic mass is 10.1. The SMILES string of the molecule is COc1cc2scc(Cl)c2c(C)c1C. The number of ether oxygens (including phenoxy) is 1. The van der Waals surface area contributed by atoms with E-state index in [-0.39, 0.29) is 0 Å². The predicted octanol–water partition coefficient (Wildman–Crippen LogP) is 4.18. The van der Waals surface area contributed by atoms with Crippen LogP contribution in [0.25, 0.3) is 10.1 Å². The highest BCUT2D eigenvalue weighted by molar-refractivity contribution is 7.17. The van der Waals surface area contributed by atoms with Crippen LogP contribution in [-0.2, 0) is 0 Å². The van der Waals surface area contributed by atoms with E-state index < -0.39 is 0 Å². The quantitative estimate of drug-likeness (QED) is 0.709. The lowest BCUT2D eigenvalue weighted by Crippen LogP contribution is -1.90. The molecule has 74 valence electrons. The van der Waals surface area contributed by atoms with E-state index in [9.17, 15) is 0 Å². The number of hydrogen-bond donors (Lipinski definition) is 0. The van der Waals surface area contributed by atoms with Gasteiger partial charge < -0.3 is 4.74 Å². The van der Waals surface area contributed by atoms with E-state index >= 15 is 0 Å². The Morgan fingerprint density at radius 3 is 2.64 bits per heavy atom. The van der Waals surface area contributed by atoms with E-state index in [4.69, 9.17) is 16.3 Å². The van der Waals surface area contributed by atoms with E-state index in [0.29, 0.717) is 0 Å². The first-order chi connectivity index (χ1) is 6.65. The molecule has 0 aliphatic heterocycles. The van der Waals surface area contributed by atoms with Crippen molar-refractivity contribution in [3.8, 4) is 5.75 Å². The lowest BCUT2D eigenvalue weighted by Gasteiger charge is -2.08. The summed E-state index contributed by atoms with van der Waals surface area (Å²) in [5.74, 6) is 0.938. The number of hydrogen-bond acceptors (Lipinski definition) is 2. The second kappa shape index (κ2) is 3.44. The molecule has 0 bridgehead atoms. The van der Waals surface area contributed by atoms with Crippen LogP contribution in [0.5, 0.6) is 5.75 Å². The average Bonchev–Trinajstić information content (AvgIpc) is 2.54. The minimum atomic E-state index is 0.841. The van der Waals surface area contributed by atoms with Crippen molar-refractivity contribution in [3.63, 3.8) is 0 Å². The van der Waals surface area contributed by atoms with Gasteiger partial charge in [0.05, 0.1) is 12.1 Å². The maximum atomic E-state index is 6.11. The molecule has 2 aromatic rings. The zero-order valence-electron chi connectivity index (χ0n) is 8.35. The minimum Gasteiger partial charge on any atom is -0.496 e. The Balaban J connectivity index is 2.87. The summed E-state index contributed by atoms with van der Waals surface area (Å²) in [7, 11) is 1.70. The molecule has 0 aliphatic carbocycles. The number of benzene rings is 1. The Morgan fingerprint density at radius 2 is 2.00 bits per heavy atom. The third-order valence-corrected chi connectivity index (χ3v) is 3.92. The van der Waals surface area contributed by atoms with Gasteiger partial charge in [0.25, 0.3) is 0 Å². The summed E-state index contributed by atoms with van der Waals surface area (Å²) in [4.78, 5) is 0. The van der Waals surface area contributed by atoms with Gasteiger partial charge >= 0.3 is 0 Å². The molecule has 1 aromatic heterocycles. The summed E-state index contributed by atoms with van der Waals surface area (Å²) in [5, 5.41) is 3.97. The highest BCUT2D eigenvalue weighted by Crippen LogP contribution is 2.37. The molecule has 0 saturated carbocycles. The second-order valence-electron chi connectivity index (χ2n) is 3.29. The first-order valence-electron chi connectivity index (χ1n) is 4.36. The van der Waals surface area contributed by atoms with Gasteiger partial charge in [0.2, 0.25) is 0 Å². The fourth-order valence-electron chi connectivity index (χ4n) is 1.63. The number of methoxy groups -OCH3 is 1. The van der Waals surface area contributed by atoms with Crippen LogP contribution in [0.4, 0.5) is 0 Å². The Morgan fingerprint density at radius 1 is 1.29 bits per heavy atom. The van der Waals surface area contributed by atoms with Crippen molar-refractivity contribution in [1.82, 2.24) is 0 Å². The van der Waals surface area contributed by atoms with Gasteiger partial charge in [-0.2, -0.15) is 0 Å². The standard InChI is InChI=1S/C11H11ClOS/c1-6-7(2)11-8(12)5-14-10(11)4-9(6)13-3/h4-5H,1-3H3. The Hall–Kier alpha value is -0.730. The molecule has 0 saturated heterocycles. The second-order valence-corrected chi connectivity index (χ2v) is 4.60. The molecule has 3 heteroatoms. The van der Waals surface area contributed by atoms with Crippen molar-refractivity contribution < 1.29 is 4.74 Å². The molecule has 14 heavy (non-hydrogen) atoms. The van der Waals surface area contributed by atoms with Gasteiger partial charge in [-0.1, -0.05) is 11.6 Å². The van der Waals surface area contributed by atoms with Gasteiger partial charge in [-0.25, -0.2) is 0 Å². The molecule has 0 radical (unpaired) electrons. The summed E-state index contributed by atoms with van der Waals surface area (Å²) in [6.07, 6.45) is 0. The number of rotatable bonds is 1. The van der Waals surface area contributed by atoms with E-state index in [2.05, 4.69) is 13.8 Å². The maximum Gasteiger partial charge on any atom is 0.123 e. The van der Waals surface area contributed by atoms with Crippen molar-refractivity contribution in [2.45, 2.75) is 13.8 Å². The first-order valence-corrected chi connectivity index (χ1v) is 5.61. The number of aryl methyl sites for hydroxylation is 1. The summed E-state index contributed by atoms with van der Waals surface area (Å²) >= 11 is 7.77. The van der Waals surface area contributed by atoms with Crippen LogP contribution >= 0.6 is 22.9 Å². The smallest absolute Gasteiger partial charge is 0.123 e. The average molecular weight is 227 g/mol. The van der Waals surface area contributed by atoms with Crippen molar-refractivity contribution in [1.29, 1.82) is 0 Å². The van der Waals surface area contributed by atoms with Gasteiger partial charge in [0.15, 0.2) is 0 Å². The Labute approximate surface area is 92.3 Å². The summed E-state index contributed by atoms with van der Waals surface area (Å²) in [5.41, 5.74) is 2.38. The molecule has 1 aromatic carbocycles. The third-order valence-electron chi connectivity index (χ3n) is 2.56. The normalized spacial score (nSPS) is 10.9. The van der Waals surface area contributed by atoms with E-state index in [0.717, 1.165) is 16.2 Å². The van der Waals surface area contributed by atoms with Crippen LogP contribution in [0.2, 0.25) is 5.02 Å².